The van der Waals surface area contributed by atoms with Gasteiger partial charge in [0.2, 0.25) is 0 Å². The van der Waals surface area contributed by atoms with E-state index in [0.29, 0.717) is 0 Å². The van der Waals surface area contributed by atoms with Gasteiger partial charge in [-0.05, 0) is 18.4 Å². The first kappa shape index (κ1) is 14.9. The molecule has 0 amide bonds. The second kappa shape index (κ2) is 12.0. The van der Waals surface area contributed by atoms with Gasteiger partial charge in [0, 0.05) is 12.4 Å². The molecule has 0 aliphatic heterocycles. The van der Waals surface area contributed by atoms with Crippen LogP contribution in [0.2, 0.25) is 0 Å². The zero-order chi connectivity index (χ0) is 12.1. The van der Waals surface area contributed by atoms with Crippen LogP contribution in [0.4, 0.5) is 0 Å². The minimum atomic E-state index is 1.09. The van der Waals surface area contributed by atoms with Gasteiger partial charge < -0.3 is 0 Å². The zero-order valence-electron chi connectivity index (χ0n) is 10.6. The van der Waals surface area contributed by atoms with Crippen LogP contribution in [0.1, 0.15) is 51.9 Å². The molecule has 1 heteroatoms. The molecule has 0 rings (SSSR count). The van der Waals surface area contributed by atoms with E-state index in [9.17, 15) is 0 Å². The molecule has 0 aliphatic carbocycles. The molecule has 0 saturated carbocycles. The van der Waals surface area contributed by atoms with Crippen molar-refractivity contribution in [1.82, 2.24) is 0 Å². The number of allylic oxidation sites excluding steroid dienone is 3. The molecule has 0 aliphatic rings. The lowest BCUT2D eigenvalue weighted by atomic mass is 10.1. The quantitative estimate of drug-likeness (QED) is 0.276. The lowest BCUT2D eigenvalue weighted by Gasteiger charge is -2.01. The molecule has 0 radical (unpaired) electrons. The van der Waals surface area contributed by atoms with Gasteiger partial charge >= 0.3 is 0 Å². The van der Waals surface area contributed by atoms with Crippen LogP contribution in [-0.2, 0) is 0 Å². The molecular weight excluding hydrogens is 194 g/mol. The van der Waals surface area contributed by atoms with Crippen LogP contribution < -0.4 is 0 Å². The molecule has 1 nitrogen and oxygen atoms in total. The Balaban J connectivity index is 3.62. The molecule has 0 aromatic heterocycles. The number of unbranched alkanes of at least 4 members (excludes halogenated alkanes) is 5. The summed E-state index contributed by atoms with van der Waals surface area (Å²) in [7, 11) is 0. The van der Waals surface area contributed by atoms with Gasteiger partial charge in [-0.2, -0.15) is 0 Å². The molecule has 16 heavy (non-hydrogen) atoms. The van der Waals surface area contributed by atoms with E-state index in [1.807, 2.05) is 12.3 Å². The Hall–Kier alpha value is -1.11. The summed E-state index contributed by atoms with van der Waals surface area (Å²) in [6.07, 6.45) is 16.2. The Morgan fingerprint density at radius 3 is 2.38 bits per heavy atom. The molecule has 0 spiro atoms. The predicted molar refractivity (Wildman–Crippen MR) is 75.0 cm³/mol. The smallest absolute Gasteiger partial charge is 0.0299 e. The van der Waals surface area contributed by atoms with Gasteiger partial charge in [0.25, 0.3) is 0 Å². The highest BCUT2D eigenvalue weighted by molar-refractivity contribution is 5.70. The first-order valence-corrected chi connectivity index (χ1v) is 6.30. The normalized spacial score (nSPS) is 11.9. The fraction of sp³-hybridized carbons (Fsp3) is 0.533. The maximum atomic E-state index is 4.11. The van der Waals surface area contributed by atoms with E-state index in [4.69, 9.17) is 0 Å². The fourth-order valence-corrected chi connectivity index (χ4v) is 1.53. The third-order valence-corrected chi connectivity index (χ3v) is 2.51. The van der Waals surface area contributed by atoms with Crippen LogP contribution in [0.15, 0.2) is 42.1 Å². The summed E-state index contributed by atoms with van der Waals surface area (Å²) >= 11 is 0. The summed E-state index contributed by atoms with van der Waals surface area (Å²) in [4.78, 5) is 4.11. The van der Waals surface area contributed by atoms with Gasteiger partial charge in [0.1, 0.15) is 0 Å². The van der Waals surface area contributed by atoms with E-state index >= 15 is 0 Å². The standard InChI is InChI=1S/C15H25N/c1-4-7-8-9-10-11-12-15(6-3)14-16-13-5-2/h5-6,13-14H,2-4,7-12H2,1H3/b15-14+,16-13?. The maximum absolute atomic E-state index is 4.11. The Bertz CT molecular complexity index is 236. The van der Waals surface area contributed by atoms with Crippen molar-refractivity contribution in [2.75, 3.05) is 0 Å². The van der Waals surface area contributed by atoms with Gasteiger partial charge in [0.05, 0.1) is 0 Å². The van der Waals surface area contributed by atoms with E-state index in [-0.39, 0.29) is 0 Å². The van der Waals surface area contributed by atoms with Crippen molar-refractivity contribution in [3.63, 3.8) is 0 Å². The summed E-state index contributed by atoms with van der Waals surface area (Å²) < 4.78 is 0. The highest BCUT2D eigenvalue weighted by Crippen LogP contribution is 2.12. The average molecular weight is 219 g/mol. The number of aliphatic imine (C=N–C) groups is 1. The summed E-state index contributed by atoms with van der Waals surface area (Å²) in [5, 5.41) is 0. The molecule has 0 aromatic carbocycles. The monoisotopic (exact) mass is 219 g/mol. The highest BCUT2D eigenvalue weighted by Gasteiger charge is 1.93. The number of hydrogen-bond acceptors (Lipinski definition) is 1. The van der Waals surface area contributed by atoms with Crippen molar-refractivity contribution in [3.8, 4) is 0 Å². The summed E-state index contributed by atoms with van der Waals surface area (Å²) in [5.41, 5.74) is 1.22. The molecule has 0 saturated heterocycles. The maximum Gasteiger partial charge on any atom is 0.0299 e. The highest BCUT2D eigenvalue weighted by atomic mass is 14.7. The second-order valence-corrected chi connectivity index (χ2v) is 3.96. The van der Waals surface area contributed by atoms with Crippen LogP contribution in [0, 0.1) is 0 Å². The molecule has 90 valence electrons. The average Bonchev–Trinajstić information content (AvgIpc) is 2.31. The van der Waals surface area contributed by atoms with Crippen molar-refractivity contribution < 1.29 is 0 Å². The lowest BCUT2D eigenvalue weighted by Crippen LogP contribution is -1.82. The topological polar surface area (TPSA) is 12.4 Å². The van der Waals surface area contributed by atoms with Gasteiger partial charge in [0.15, 0.2) is 0 Å². The first-order valence-electron chi connectivity index (χ1n) is 6.30. The first-order chi connectivity index (χ1) is 7.85. The minimum absolute atomic E-state index is 1.09. The third kappa shape index (κ3) is 9.45. The van der Waals surface area contributed by atoms with Gasteiger partial charge in [-0.3, -0.25) is 4.99 Å². The van der Waals surface area contributed by atoms with E-state index in [2.05, 4.69) is 25.1 Å². The Labute approximate surface area is 101 Å². The van der Waals surface area contributed by atoms with E-state index in [0.717, 1.165) is 6.42 Å². The Kier molecular flexibility index (Phi) is 11.1. The van der Waals surface area contributed by atoms with Crippen molar-refractivity contribution >= 4 is 6.21 Å². The number of rotatable bonds is 10. The van der Waals surface area contributed by atoms with Crippen molar-refractivity contribution in [3.05, 3.63) is 37.1 Å². The minimum Gasteiger partial charge on any atom is -0.264 e. The third-order valence-electron chi connectivity index (χ3n) is 2.51. The summed E-state index contributed by atoms with van der Waals surface area (Å²) in [6.45, 7) is 9.63. The largest absolute Gasteiger partial charge is 0.264 e. The molecule has 0 bridgehead atoms. The lowest BCUT2D eigenvalue weighted by molar-refractivity contribution is 0.608. The Morgan fingerprint density at radius 1 is 1.06 bits per heavy atom. The van der Waals surface area contributed by atoms with Crippen molar-refractivity contribution in [1.29, 1.82) is 0 Å². The predicted octanol–water partition coefficient (Wildman–Crippen LogP) is 5.06. The Morgan fingerprint density at radius 2 is 1.75 bits per heavy atom. The molecular formula is C15H25N. The van der Waals surface area contributed by atoms with E-state index < -0.39 is 0 Å². The van der Waals surface area contributed by atoms with Crippen molar-refractivity contribution in [2.45, 2.75) is 51.9 Å². The van der Waals surface area contributed by atoms with Gasteiger partial charge in [-0.1, -0.05) is 64.3 Å². The van der Waals surface area contributed by atoms with Crippen LogP contribution in [0.3, 0.4) is 0 Å². The number of hydrogen-bond donors (Lipinski definition) is 0. The van der Waals surface area contributed by atoms with Crippen LogP contribution >= 0.6 is 0 Å². The zero-order valence-corrected chi connectivity index (χ0v) is 10.6. The van der Waals surface area contributed by atoms with Crippen LogP contribution in [0.5, 0.6) is 0 Å². The van der Waals surface area contributed by atoms with E-state index in [1.54, 1.807) is 12.3 Å². The molecule has 0 atom stereocenters. The second-order valence-electron chi connectivity index (χ2n) is 3.96. The van der Waals surface area contributed by atoms with Crippen LogP contribution in [0.25, 0.3) is 0 Å². The molecule has 0 fully saturated rings. The molecule has 0 aromatic rings. The summed E-state index contributed by atoms with van der Waals surface area (Å²) in [5.74, 6) is 0. The fourth-order valence-electron chi connectivity index (χ4n) is 1.53. The van der Waals surface area contributed by atoms with Gasteiger partial charge in [-0.15, -0.1) is 0 Å². The summed E-state index contributed by atoms with van der Waals surface area (Å²) in [6, 6.07) is 0. The van der Waals surface area contributed by atoms with Gasteiger partial charge in [-0.25, -0.2) is 0 Å². The molecule has 0 unspecified atom stereocenters. The van der Waals surface area contributed by atoms with Crippen molar-refractivity contribution in [2.24, 2.45) is 4.99 Å². The number of nitrogens with zero attached hydrogens (tertiary/aromatic N) is 1. The molecule has 0 heterocycles. The molecule has 0 N–H and O–H groups in total. The van der Waals surface area contributed by atoms with Crippen LogP contribution in [-0.4, -0.2) is 6.21 Å². The van der Waals surface area contributed by atoms with E-state index in [1.165, 1.54) is 44.1 Å². The SMILES string of the molecule is C=CC=N/C=C(\C=C)CCCCCCCC.